The van der Waals surface area contributed by atoms with Crippen molar-refractivity contribution in [3.05, 3.63) is 29.8 Å². The van der Waals surface area contributed by atoms with Crippen LogP contribution in [-0.4, -0.2) is 45.0 Å². The van der Waals surface area contributed by atoms with Gasteiger partial charge in [-0.3, -0.25) is 0 Å². The summed E-state index contributed by atoms with van der Waals surface area (Å²) in [7, 11) is 0. The molecule has 1 aromatic heterocycles. The van der Waals surface area contributed by atoms with Crippen molar-refractivity contribution in [1.29, 1.82) is 0 Å². The third kappa shape index (κ3) is 4.88. The Kier molecular flexibility index (Phi) is 5.58. The van der Waals surface area contributed by atoms with Crippen molar-refractivity contribution in [2.45, 2.75) is 6.92 Å². The lowest BCUT2D eigenvalue weighted by Gasteiger charge is -2.09. The predicted molar refractivity (Wildman–Crippen MR) is 91.0 cm³/mol. The van der Waals surface area contributed by atoms with E-state index in [9.17, 15) is 4.79 Å². The monoisotopic (exact) mass is 330 g/mol. The molecule has 10 nitrogen and oxygen atoms in total. The molecule has 0 amide bonds. The third-order valence-corrected chi connectivity index (χ3v) is 2.69. The number of carboxylic acids is 1. The number of aliphatic imine (C=N–C) groups is 1. The number of hydrogen-bond acceptors (Lipinski definition) is 8. The van der Waals surface area contributed by atoms with Crippen molar-refractivity contribution in [2.75, 3.05) is 23.7 Å². The van der Waals surface area contributed by atoms with E-state index in [2.05, 4.69) is 30.6 Å². The summed E-state index contributed by atoms with van der Waals surface area (Å²) < 4.78 is 0. The zero-order chi connectivity index (χ0) is 17.5. The normalized spacial score (nSPS) is 11.2. The zero-order valence-corrected chi connectivity index (χ0v) is 13.0. The summed E-state index contributed by atoms with van der Waals surface area (Å²) in [6.45, 7) is 2.49. The van der Waals surface area contributed by atoms with E-state index in [4.69, 9.17) is 16.6 Å². The number of amidine groups is 1. The highest BCUT2D eigenvalue weighted by Gasteiger charge is 2.08. The van der Waals surface area contributed by atoms with Gasteiger partial charge in [0.1, 0.15) is 0 Å². The zero-order valence-electron chi connectivity index (χ0n) is 13.0. The van der Waals surface area contributed by atoms with Crippen LogP contribution in [0.3, 0.4) is 0 Å². The van der Waals surface area contributed by atoms with Gasteiger partial charge >= 0.3 is 5.97 Å². The number of anilines is 3. The van der Waals surface area contributed by atoms with E-state index in [0.29, 0.717) is 24.6 Å². The molecule has 0 fully saturated rings. The Morgan fingerprint density at radius 2 is 2.04 bits per heavy atom. The Balaban J connectivity index is 2.32. The summed E-state index contributed by atoms with van der Waals surface area (Å²) in [5.41, 5.74) is 11.7. The molecule has 24 heavy (non-hydrogen) atoms. The summed E-state index contributed by atoms with van der Waals surface area (Å²) in [6, 6.07) is 6.27. The van der Waals surface area contributed by atoms with Crippen LogP contribution in [-0.2, 0) is 0 Å². The van der Waals surface area contributed by atoms with Gasteiger partial charge in [-0.05, 0) is 25.1 Å². The molecule has 1 heterocycles. The molecule has 2 rings (SSSR count). The molecule has 0 saturated heterocycles. The number of rotatable bonds is 7. The highest BCUT2D eigenvalue weighted by molar-refractivity contribution is 5.89. The molecular formula is C14H18N8O2. The van der Waals surface area contributed by atoms with E-state index in [-0.39, 0.29) is 23.4 Å². The van der Waals surface area contributed by atoms with Crippen LogP contribution in [0.5, 0.6) is 0 Å². The molecule has 0 aliphatic carbocycles. The van der Waals surface area contributed by atoms with Gasteiger partial charge in [-0.25, -0.2) is 4.79 Å². The number of benzene rings is 1. The van der Waals surface area contributed by atoms with Gasteiger partial charge in [0.2, 0.25) is 11.9 Å². The Bertz CT molecular complexity index is 758. The number of carbonyl (C=O) groups is 1. The highest BCUT2D eigenvalue weighted by atomic mass is 16.4. The average molecular weight is 330 g/mol. The minimum atomic E-state index is -1.02. The smallest absolute Gasteiger partial charge is 0.335 e. The number of aromatic nitrogens is 3. The van der Waals surface area contributed by atoms with E-state index in [1.807, 2.05) is 0 Å². The number of nitrogens with two attached hydrogens (primary N) is 2. The van der Waals surface area contributed by atoms with E-state index >= 15 is 0 Å². The Morgan fingerprint density at radius 1 is 1.29 bits per heavy atom. The molecule has 0 spiro atoms. The maximum absolute atomic E-state index is 11.0. The second-order valence-electron chi connectivity index (χ2n) is 4.76. The van der Waals surface area contributed by atoms with Crippen LogP contribution >= 0.6 is 0 Å². The summed E-state index contributed by atoms with van der Waals surface area (Å²) in [4.78, 5) is 27.5. The molecular weight excluding hydrogens is 312 g/mol. The molecule has 126 valence electrons. The first-order valence-corrected chi connectivity index (χ1v) is 7.09. The molecule has 0 aliphatic rings. The summed E-state index contributed by atoms with van der Waals surface area (Å²) in [6.07, 6.45) is 0. The summed E-state index contributed by atoms with van der Waals surface area (Å²) in [5.74, 6) is -0.116. The van der Waals surface area contributed by atoms with E-state index in [1.165, 1.54) is 12.1 Å². The second-order valence-corrected chi connectivity index (χ2v) is 4.76. The van der Waals surface area contributed by atoms with Crippen LogP contribution in [0.1, 0.15) is 17.3 Å². The summed E-state index contributed by atoms with van der Waals surface area (Å²) >= 11 is 0. The van der Waals surface area contributed by atoms with Crippen LogP contribution in [0, 0.1) is 0 Å². The van der Waals surface area contributed by atoms with Crippen molar-refractivity contribution in [3.8, 4) is 0 Å². The molecule has 1 aromatic carbocycles. The van der Waals surface area contributed by atoms with Gasteiger partial charge < -0.3 is 27.2 Å². The lowest BCUT2D eigenvalue weighted by atomic mass is 10.2. The van der Waals surface area contributed by atoms with Gasteiger partial charge in [-0.2, -0.15) is 19.9 Å². The minimum absolute atomic E-state index is 0.126. The van der Waals surface area contributed by atoms with Crippen LogP contribution in [0.15, 0.2) is 29.3 Å². The standard InChI is InChI=1S/C14H18N8O2/c1-8(16)18-13-20-12(17-6-5-15)21-14(22-13)19-10-4-2-3-9(7-10)11(23)24/h2-4,7H,5-6,15H2,1H3,(H,23,24)(H4,16,17,18,19,20,21,22). The van der Waals surface area contributed by atoms with Crippen LogP contribution < -0.4 is 22.1 Å². The molecule has 0 aliphatic heterocycles. The lowest BCUT2D eigenvalue weighted by Crippen LogP contribution is -2.16. The Hall–Kier alpha value is -3.27. The molecule has 0 atom stereocenters. The van der Waals surface area contributed by atoms with Gasteiger partial charge in [-0.1, -0.05) is 6.07 Å². The Morgan fingerprint density at radius 3 is 2.71 bits per heavy atom. The first-order valence-electron chi connectivity index (χ1n) is 7.09. The second kappa shape index (κ2) is 7.83. The third-order valence-electron chi connectivity index (χ3n) is 2.69. The van der Waals surface area contributed by atoms with E-state index < -0.39 is 5.97 Å². The van der Waals surface area contributed by atoms with Crippen molar-refractivity contribution < 1.29 is 9.90 Å². The van der Waals surface area contributed by atoms with Gasteiger partial charge in [0, 0.05) is 18.8 Å². The first kappa shape index (κ1) is 17.1. The SMILES string of the molecule is CC(N)=Nc1nc(NCCN)nc(Nc2cccc(C(=O)O)c2)n1. The molecule has 2 aromatic rings. The fourth-order valence-corrected chi connectivity index (χ4v) is 1.75. The van der Waals surface area contributed by atoms with Crippen LogP contribution in [0.25, 0.3) is 0 Å². The number of carboxylic acid groups (broad SMARTS) is 1. The summed E-state index contributed by atoms with van der Waals surface area (Å²) in [5, 5.41) is 14.9. The molecule has 0 radical (unpaired) electrons. The van der Waals surface area contributed by atoms with Crippen molar-refractivity contribution in [3.63, 3.8) is 0 Å². The molecule has 10 heteroatoms. The number of hydrogen-bond donors (Lipinski definition) is 5. The Labute approximate surface area is 138 Å². The number of aromatic carboxylic acids is 1. The van der Waals surface area contributed by atoms with Crippen LogP contribution in [0.4, 0.5) is 23.5 Å². The van der Waals surface area contributed by atoms with Crippen molar-refractivity contribution >= 4 is 35.3 Å². The maximum Gasteiger partial charge on any atom is 0.335 e. The van der Waals surface area contributed by atoms with Gasteiger partial charge in [-0.15, -0.1) is 0 Å². The minimum Gasteiger partial charge on any atom is -0.478 e. The van der Waals surface area contributed by atoms with Crippen molar-refractivity contribution in [1.82, 2.24) is 15.0 Å². The maximum atomic E-state index is 11.0. The van der Waals surface area contributed by atoms with Crippen molar-refractivity contribution in [2.24, 2.45) is 16.5 Å². The van der Waals surface area contributed by atoms with Gasteiger partial charge in [0.15, 0.2) is 0 Å². The molecule has 0 saturated carbocycles. The van der Waals surface area contributed by atoms with Gasteiger partial charge in [0.25, 0.3) is 5.95 Å². The topological polar surface area (TPSA) is 164 Å². The first-order chi connectivity index (χ1) is 11.5. The van der Waals surface area contributed by atoms with E-state index in [0.717, 1.165) is 0 Å². The fraction of sp³-hybridized carbons (Fsp3) is 0.214. The van der Waals surface area contributed by atoms with Gasteiger partial charge in [0.05, 0.1) is 11.4 Å². The largest absolute Gasteiger partial charge is 0.478 e. The number of nitrogens with zero attached hydrogens (tertiary/aromatic N) is 4. The molecule has 7 N–H and O–H groups in total. The number of nitrogens with one attached hydrogen (secondary N) is 2. The fourth-order valence-electron chi connectivity index (χ4n) is 1.75. The predicted octanol–water partition coefficient (Wildman–Crippen LogP) is 0.693. The highest BCUT2D eigenvalue weighted by Crippen LogP contribution is 2.18. The van der Waals surface area contributed by atoms with E-state index in [1.54, 1.807) is 19.1 Å². The van der Waals surface area contributed by atoms with Crippen LogP contribution in [0.2, 0.25) is 0 Å². The molecule has 0 unspecified atom stereocenters. The molecule has 0 bridgehead atoms. The quantitative estimate of drug-likeness (QED) is 0.363. The average Bonchev–Trinajstić information content (AvgIpc) is 2.52. The lowest BCUT2D eigenvalue weighted by molar-refractivity contribution is 0.0697.